The van der Waals surface area contributed by atoms with Crippen molar-refractivity contribution in [1.82, 2.24) is 15.0 Å². The molecule has 0 aliphatic heterocycles. The molecule has 0 spiro atoms. The van der Waals surface area contributed by atoms with Gasteiger partial charge in [0.1, 0.15) is 11.5 Å². The van der Waals surface area contributed by atoms with Crippen LogP contribution in [0.25, 0.3) is 0 Å². The summed E-state index contributed by atoms with van der Waals surface area (Å²) in [5.74, 6) is -0.325. The molecular weight excluding hydrogens is 237 g/mol. The molecule has 1 heterocycles. The zero-order valence-electron chi connectivity index (χ0n) is 9.95. The average Bonchev–Trinajstić information content (AvgIpc) is 2.78. The number of aliphatic hydroxyl groups excluding tert-OH is 1. The van der Waals surface area contributed by atoms with Crippen molar-refractivity contribution in [3.63, 3.8) is 0 Å². The number of hydrogen-bond donors (Lipinski definition) is 1. The molecule has 5 nitrogen and oxygen atoms in total. The first kappa shape index (κ1) is 12.7. The van der Waals surface area contributed by atoms with Crippen LogP contribution in [-0.2, 0) is 17.9 Å². The Bertz CT molecular complexity index is 498. The van der Waals surface area contributed by atoms with Crippen molar-refractivity contribution in [2.24, 2.45) is 0 Å². The third kappa shape index (κ3) is 3.12. The number of aliphatic hydroxyl groups is 1. The van der Waals surface area contributed by atoms with Gasteiger partial charge >= 0.3 is 0 Å². The van der Waals surface area contributed by atoms with Crippen molar-refractivity contribution < 1.29 is 14.2 Å². The molecular formula is C12H14FN3O2. The summed E-state index contributed by atoms with van der Waals surface area (Å²) in [6, 6.07) is 5.73. The largest absolute Gasteiger partial charge is 0.386 e. The lowest BCUT2D eigenvalue weighted by atomic mass is 10.1. The van der Waals surface area contributed by atoms with Crippen LogP contribution in [0.3, 0.4) is 0 Å². The Labute approximate surface area is 104 Å². The third-order valence-corrected chi connectivity index (χ3v) is 2.49. The molecule has 1 atom stereocenters. The van der Waals surface area contributed by atoms with Crippen molar-refractivity contribution >= 4 is 0 Å². The predicted molar refractivity (Wildman–Crippen MR) is 62.1 cm³/mol. The Morgan fingerprint density at radius 1 is 1.39 bits per heavy atom. The lowest BCUT2D eigenvalue weighted by molar-refractivity contribution is 0.150. The van der Waals surface area contributed by atoms with Gasteiger partial charge in [0.05, 0.1) is 25.5 Å². The molecule has 0 radical (unpaired) electrons. The molecule has 18 heavy (non-hydrogen) atoms. The zero-order chi connectivity index (χ0) is 13.0. The molecule has 1 N–H and O–H groups in total. The molecule has 0 aliphatic carbocycles. The van der Waals surface area contributed by atoms with Gasteiger partial charge in [-0.3, -0.25) is 0 Å². The number of hydrogen-bond acceptors (Lipinski definition) is 4. The van der Waals surface area contributed by atoms with Crippen LogP contribution in [0.1, 0.15) is 17.4 Å². The summed E-state index contributed by atoms with van der Waals surface area (Å²) in [5.41, 5.74) is 1.34. The van der Waals surface area contributed by atoms with Crippen molar-refractivity contribution in [2.45, 2.75) is 19.3 Å². The summed E-state index contributed by atoms with van der Waals surface area (Å²) in [4.78, 5) is 0. The van der Waals surface area contributed by atoms with Gasteiger partial charge in [0, 0.05) is 7.11 Å². The van der Waals surface area contributed by atoms with Gasteiger partial charge in [-0.2, -0.15) is 0 Å². The predicted octanol–water partition coefficient (Wildman–Crippen LogP) is 1.30. The second-order valence-corrected chi connectivity index (χ2v) is 3.93. The topological polar surface area (TPSA) is 60.2 Å². The van der Waals surface area contributed by atoms with Crippen molar-refractivity contribution in [3.05, 3.63) is 47.5 Å². The number of aromatic nitrogens is 3. The van der Waals surface area contributed by atoms with Gasteiger partial charge in [-0.1, -0.05) is 17.3 Å². The smallest absolute Gasteiger partial charge is 0.123 e. The normalized spacial score (nSPS) is 12.6. The van der Waals surface area contributed by atoms with E-state index in [0.717, 1.165) is 0 Å². The Hall–Kier alpha value is -1.79. The minimum atomic E-state index is -0.748. The second-order valence-electron chi connectivity index (χ2n) is 3.93. The maximum absolute atomic E-state index is 12.7. The van der Waals surface area contributed by atoms with E-state index in [0.29, 0.717) is 17.9 Å². The molecule has 2 aromatic rings. The Morgan fingerprint density at radius 2 is 2.11 bits per heavy atom. The van der Waals surface area contributed by atoms with E-state index in [1.807, 2.05) is 0 Å². The van der Waals surface area contributed by atoms with E-state index in [4.69, 9.17) is 4.74 Å². The van der Waals surface area contributed by atoms with Crippen LogP contribution in [0.2, 0.25) is 0 Å². The fraction of sp³-hybridized carbons (Fsp3) is 0.333. The first-order valence-corrected chi connectivity index (χ1v) is 5.50. The molecule has 0 aliphatic rings. The third-order valence-electron chi connectivity index (χ3n) is 2.49. The number of benzene rings is 1. The second kappa shape index (κ2) is 5.70. The molecule has 0 saturated carbocycles. The number of methoxy groups -OCH3 is 1. The summed E-state index contributed by atoms with van der Waals surface area (Å²) in [6.45, 7) is 0.648. The first-order chi connectivity index (χ1) is 8.69. The Balaban J connectivity index is 2.01. The number of nitrogens with zero attached hydrogens (tertiary/aromatic N) is 3. The van der Waals surface area contributed by atoms with E-state index in [-0.39, 0.29) is 12.4 Å². The monoisotopic (exact) mass is 251 g/mol. The molecule has 0 amide bonds. The van der Waals surface area contributed by atoms with Crippen LogP contribution < -0.4 is 0 Å². The SMILES string of the molecule is COCc1cn(C[C@H](O)c2ccc(F)cc2)nn1. The van der Waals surface area contributed by atoms with Gasteiger partial charge in [0.25, 0.3) is 0 Å². The van der Waals surface area contributed by atoms with Crippen molar-refractivity contribution in [1.29, 1.82) is 0 Å². The Morgan fingerprint density at radius 3 is 2.78 bits per heavy atom. The highest BCUT2D eigenvalue weighted by Crippen LogP contribution is 2.15. The molecule has 1 aromatic heterocycles. The van der Waals surface area contributed by atoms with Crippen LogP contribution in [0.5, 0.6) is 0 Å². The van der Waals surface area contributed by atoms with Crippen molar-refractivity contribution in [3.8, 4) is 0 Å². The number of halogens is 1. The molecule has 96 valence electrons. The van der Waals surface area contributed by atoms with Gasteiger partial charge in [-0.05, 0) is 17.7 Å². The maximum Gasteiger partial charge on any atom is 0.123 e. The molecule has 0 saturated heterocycles. The first-order valence-electron chi connectivity index (χ1n) is 5.50. The molecule has 2 rings (SSSR count). The molecule has 0 unspecified atom stereocenters. The fourth-order valence-corrected chi connectivity index (χ4v) is 1.61. The van der Waals surface area contributed by atoms with Gasteiger partial charge in [-0.15, -0.1) is 5.10 Å². The summed E-state index contributed by atoms with van der Waals surface area (Å²) in [5, 5.41) is 17.7. The summed E-state index contributed by atoms with van der Waals surface area (Å²) >= 11 is 0. The average molecular weight is 251 g/mol. The molecule has 1 aromatic carbocycles. The lowest BCUT2D eigenvalue weighted by Gasteiger charge is -2.10. The minimum absolute atomic E-state index is 0.266. The van der Waals surface area contributed by atoms with Crippen molar-refractivity contribution in [2.75, 3.05) is 7.11 Å². The van der Waals surface area contributed by atoms with Gasteiger partial charge in [0.2, 0.25) is 0 Å². The highest BCUT2D eigenvalue weighted by atomic mass is 19.1. The highest BCUT2D eigenvalue weighted by Gasteiger charge is 2.10. The maximum atomic E-state index is 12.7. The van der Waals surface area contributed by atoms with Gasteiger partial charge in [0.15, 0.2) is 0 Å². The molecule has 6 heteroatoms. The summed E-state index contributed by atoms with van der Waals surface area (Å²) < 4.78 is 19.2. The zero-order valence-corrected chi connectivity index (χ0v) is 9.95. The van der Waals surface area contributed by atoms with Gasteiger partial charge in [-0.25, -0.2) is 9.07 Å². The summed E-state index contributed by atoms with van der Waals surface area (Å²) in [7, 11) is 1.58. The van der Waals surface area contributed by atoms with E-state index in [2.05, 4.69) is 10.3 Å². The molecule has 0 fully saturated rings. The summed E-state index contributed by atoms with van der Waals surface area (Å²) in [6.07, 6.45) is 0.957. The lowest BCUT2D eigenvalue weighted by Crippen LogP contribution is -2.09. The van der Waals surface area contributed by atoms with E-state index < -0.39 is 6.10 Å². The number of ether oxygens (including phenoxy) is 1. The van der Waals surface area contributed by atoms with Crippen LogP contribution in [0.4, 0.5) is 4.39 Å². The quantitative estimate of drug-likeness (QED) is 0.870. The highest BCUT2D eigenvalue weighted by molar-refractivity contribution is 5.18. The van der Waals surface area contributed by atoms with E-state index in [1.165, 1.54) is 16.8 Å². The van der Waals surface area contributed by atoms with E-state index >= 15 is 0 Å². The van der Waals surface area contributed by atoms with E-state index in [9.17, 15) is 9.50 Å². The number of rotatable bonds is 5. The molecule has 0 bridgehead atoms. The van der Waals surface area contributed by atoms with Crippen LogP contribution in [-0.4, -0.2) is 27.2 Å². The van der Waals surface area contributed by atoms with Crippen LogP contribution in [0, 0.1) is 5.82 Å². The fourth-order valence-electron chi connectivity index (χ4n) is 1.61. The standard InChI is InChI=1S/C12H14FN3O2/c1-18-8-11-6-16(15-14-11)7-12(17)9-2-4-10(13)5-3-9/h2-6,12,17H,7-8H2,1H3/t12-/m0/s1. The minimum Gasteiger partial charge on any atom is -0.386 e. The Kier molecular flexibility index (Phi) is 4.01. The van der Waals surface area contributed by atoms with Crippen LogP contribution in [0.15, 0.2) is 30.5 Å². The van der Waals surface area contributed by atoms with E-state index in [1.54, 1.807) is 25.4 Å². The van der Waals surface area contributed by atoms with Crippen LogP contribution >= 0.6 is 0 Å². The van der Waals surface area contributed by atoms with Gasteiger partial charge < -0.3 is 9.84 Å².